The number of nitrogens with zero attached hydrogens (tertiary/aromatic N) is 5. The molecule has 0 bridgehead atoms. The van der Waals surface area contributed by atoms with Gasteiger partial charge in [0.1, 0.15) is 11.0 Å². The van der Waals surface area contributed by atoms with E-state index in [4.69, 9.17) is 4.84 Å². The number of para-hydroxylation sites is 1. The number of sulfonamides is 1. The number of benzene rings is 2. The van der Waals surface area contributed by atoms with Gasteiger partial charge in [0.25, 0.3) is 5.91 Å². The molecule has 1 unspecified atom stereocenters. The van der Waals surface area contributed by atoms with E-state index in [1.807, 2.05) is 44.2 Å². The highest BCUT2D eigenvalue weighted by molar-refractivity contribution is 7.89. The van der Waals surface area contributed by atoms with Crippen LogP contribution in [0, 0.1) is 5.92 Å². The third-order valence-electron chi connectivity index (χ3n) is 5.77. The van der Waals surface area contributed by atoms with Crippen molar-refractivity contribution in [3.05, 3.63) is 48.5 Å². The third kappa shape index (κ3) is 4.86. The maximum absolute atomic E-state index is 13.2. The van der Waals surface area contributed by atoms with Crippen molar-refractivity contribution >= 4 is 32.7 Å². The van der Waals surface area contributed by atoms with Crippen LogP contribution >= 0.6 is 0 Å². The molecule has 10 heteroatoms. The largest absolute Gasteiger partial charge is 0.385 e. The molecule has 1 aliphatic rings. The summed E-state index contributed by atoms with van der Waals surface area (Å²) >= 11 is 0. The van der Waals surface area contributed by atoms with Gasteiger partial charge in [-0.05, 0) is 68.2 Å². The quantitative estimate of drug-likeness (QED) is 0.526. The van der Waals surface area contributed by atoms with Crippen molar-refractivity contribution in [2.24, 2.45) is 5.92 Å². The summed E-state index contributed by atoms with van der Waals surface area (Å²) in [5.41, 5.74) is 1.65. The molecule has 2 heterocycles. The van der Waals surface area contributed by atoms with Crippen molar-refractivity contribution < 1.29 is 18.0 Å². The minimum Gasteiger partial charge on any atom is -0.385 e. The van der Waals surface area contributed by atoms with Crippen molar-refractivity contribution in [2.45, 2.75) is 44.6 Å². The van der Waals surface area contributed by atoms with Gasteiger partial charge in [-0.1, -0.05) is 30.0 Å². The first-order chi connectivity index (χ1) is 15.8. The number of piperidine rings is 1. The SMILES string of the molecule is CC1CCCN(S(=O)(=O)c2ccc3nnn(OCC(=O)N(c4ccccc4)C(C)C)c3c2)C1. The summed E-state index contributed by atoms with van der Waals surface area (Å²) in [5, 5.41) is 7.99. The zero-order chi connectivity index (χ0) is 23.6. The molecule has 0 spiro atoms. The van der Waals surface area contributed by atoms with Crippen LogP contribution in [0.25, 0.3) is 11.0 Å². The Balaban J connectivity index is 1.55. The van der Waals surface area contributed by atoms with E-state index in [1.165, 1.54) is 16.4 Å². The molecule has 1 aliphatic heterocycles. The van der Waals surface area contributed by atoms with Gasteiger partial charge in [-0.25, -0.2) is 8.42 Å². The number of carbonyl (C=O) groups is 1. The van der Waals surface area contributed by atoms with Crippen LogP contribution < -0.4 is 9.74 Å². The second-order valence-corrected chi connectivity index (χ2v) is 10.6. The number of fused-ring (bicyclic) bond motifs is 1. The minimum atomic E-state index is -3.64. The Kier molecular flexibility index (Phi) is 6.66. The molecule has 0 radical (unpaired) electrons. The Morgan fingerprint density at radius 2 is 1.97 bits per heavy atom. The number of hydrogen-bond acceptors (Lipinski definition) is 6. The van der Waals surface area contributed by atoms with Gasteiger partial charge in [0.15, 0.2) is 6.61 Å². The number of amides is 1. The molecular weight excluding hydrogens is 442 g/mol. The van der Waals surface area contributed by atoms with E-state index in [0.717, 1.165) is 23.4 Å². The molecule has 3 aromatic rings. The van der Waals surface area contributed by atoms with Crippen LogP contribution in [0.5, 0.6) is 0 Å². The smallest absolute Gasteiger partial charge is 0.267 e. The molecule has 0 saturated carbocycles. The summed E-state index contributed by atoms with van der Waals surface area (Å²) in [7, 11) is -3.64. The van der Waals surface area contributed by atoms with Gasteiger partial charge in [-0.3, -0.25) is 4.79 Å². The average molecular weight is 472 g/mol. The molecular formula is C23H29N5O4S. The molecule has 1 saturated heterocycles. The van der Waals surface area contributed by atoms with Gasteiger partial charge >= 0.3 is 0 Å². The van der Waals surface area contributed by atoms with E-state index < -0.39 is 10.0 Å². The molecule has 1 aromatic heterocycles. The Morgan fingerprint density at radius 3 is 2.67 bits per heavy atom. The van der Waals surface area contributed by atoms with Crippen LogP contribution in [0.1, 0.15) is 33.6 Å². The Hall–Kier alpha value is -2.98. The summed E-state index contributed by atoms with van der Waals surface area (Å²) < 4.78 is 27.9. The van der Waals surface area contributed by atoms with Crippen molar-refractivity contribution in [1.82, 2.24) is 19.5 Å². The molecule has 2 aromatic carbocycles. The highest BCUT2D eigenvalue weighted by atomic mass is 32.2. The van der Waals surface area contributed by atoms with Crippen LogP contribution in [0.4, 0.5) is 5.69 Å². The van der Waals surface area contributed by atoms with Gasteiger partial charge < -0.3 is 9.74 Å². The van der Waals surface area contributed by atoms with E-state index in [0.29, 0.717) is 30.0 Å². The lowest BCUT2D eigenvalue weighted by Gasteiger charge is -2.30. The van der Waals surface area contributed by atoms with Gasteiger partial charge in [-0.15, -0.1) is 5.10 Å². The normalized spacial score (nSPS) is 17.4. The molecule has 0 N–H and O–H groups in total. The molecule has 176 valence electrons. The van der Waals surface area contributed by atoms with Gasteiger partial charge in [0, 0.05) is 24.8 Å². The van der Waals surface area contributed by atoms with E-state index >= 15 is 0 Å². The minimum absolute atomic E-state index is 0.0697. The maximum atomic E-state index is 13.2. The highest BCUT2D eigenvalue weighted by Crippen LogP contribution is 2.25. The monoisotopic (exact) mass is 471 g/mol. The number of anilines is 1. The molecule has 9 nitrogen and oxygen atoms in total. The van der Waals surface area contributed by atoms with Gasteiger partial charge in [0.2, 0.25) is 10.0 Å². The van der Waals surface area contributed by atoms with Crippen molar-refractivity contribution in [2.75, 3.05) is 24.6 Å². The molecule has 33 heavy (non-hydrogen) atoms. The zero-order valence-corrected chi connectivity index (χ0v) is 19.9. The van der Waals surface area contributed by atoms with Gasteiger partial charge in [0.05, 0.1) is 4.90 Å². The fourth-order valence-corrected chi connectivity index (χ4v) is 5.77. The summed E-state index contributed by atoms with van der Waals surface area (Å²) in [4.78, 5) is 21.5. The van der Waals surface area contributed by atoms with Gasteiger partial charge in [-0.2, -0.15) is 4.31 Å². The number of carbonyl (C=O) groups excluding carboxylic acids is 1. The van der Waals surface area contributed by atoms with E-state index in [1.54, 1.807) is 11.0 Å². The zero-order valence-electron chi connectivity index (χ0n) is 19.1. The average Bonchev–Trinajstić information content (AvgIpc) is 3.20. The summed E-state index contributed by atoms with van der Waals surface area (Å²) in [5.74, 6) is 0.0817. The van der Waals surface area contributed by atoms with Crippen LogP contribution in [-0.2, 0) is 14.8 Å². The molecule has 4 rings (SSSR count). The Bertz CT molecular complexity index is 1230. The van der Waals surface area contributed by atoms with Crippen LogP contribution in [-0.4, -0.2) is 59.5 Å². The van der Waals surface area contributed by atoms with Crippen molar-refractivity contribution in [3.8, 4) is 0 Å². The lowest BCUT2D eigenvalue weighted by Crippen LogP contribution is -2.41. The van der Waals surface area contributed by atoms with Crippen LogP contribution in [0.2, 0.25) is 0 Å². The van der Waals surface area contributed by atoms with Crippen LogP contribution in [0.15, 0.2) is 53.4 Å². The summed E-state index contributed by atoms with van der Waals surface area (Å²) in [6.45, 7) is 6.66. The van der Waals surface area contributed by atoms with Crippen LogP contribution in [0.3, 0.4) is 0 Å². The van der Waals surface area contributed by atoms with Crippen molar-refractivity contribution in [3.63, 3.8) is 0 Å². The Morgan fingerprint density at radius 1 is 1.21 bits per heavy atom. The maximum Gasteiger partial charge on any atom is 0.267 e. The summed E-state index contributed by atoms with van der Waals surface area (Å²) in [6.07, 6.45) is 1.88. The standard InChI is InChI=1S/C23H29N5O4S/c1-17(2)27(19-9-5-4-6-10-19)23(29)16-32-28-22-14-20(11-12-21(22)24-25-28)33(30,31)26-13-7-8-18(3)15-26/h4-6,9-12,14,17-18H,7-8,13,15-16H2,1-3H3. The van der Waals surface area contributed by atoms with E-state index in [2.05, 4.69) is 17.2 Å². The number of aromatic nitrogens is 3. The lowest BCUT2D eigenvalue weighted by atomic mass is 10.0. The fraction of sp³-hybridized carbons (Fsp3) is 0.435. The third-order valence-corrected chi connectivity index (χ3v) is 7.64. The lowest BCUT2D eigenvalue weighted by molar-refractivity contribution is -0.124. The second kappa shape index (κ2) is 9.48. The first-order valence-corrected chi connectivity index (χ1v) is 12.6. The van der Waals surface area contributed by atoms with Crippen molar-refractivity contribution in [1.29, 1.82) is 0 Å². The topological polar surface area (TPSA) is 97.6 Å². The Labute approximate surface area is 193 Å². The molecule has 1 fully saturated rings. The number of hydrogen-bond donors (Lipinski definition) is 0. The predicted octanol–water partition coefficient (Wildman–Crippen LogP) is 2.72. The predicted molar refractivity (Wildman–Crippen MR) is 125 cm³/mol. The van der Waals surface area contributed by atoms with E-state index in [-0.39, 0.29) is 23.5 Å². The molecule has 1 amide bonds. The fourth-order valence-electron chi connectivity index (χ4n) is 4.15. The number of rotatable bonds is 7. The first kappa shape index (κ1) is 23.2. The van der Waals surface area contributed by atoms with E-state index in [9.17, 15) is 13.2 Å². The molecule has 0 aliphatic carbocycles. The summed E-state index contributed by atoms with van der Waals surface area (Å²) in [6, 6.07) is 13.9. The highest BCUT2D eigenvalue weighted by Gasteiger charge is 2.29. The second-order valence-electron chi connectivity index (χ2n) is 8.69. The molecule has 1 atom stereocenters. The first-order valence-electron chi connectivity index (χ1n) is 11.1.